The average molecular weight is 271 g/mol. The smallest absolute Gasteiger partial charge is 0.122 e. The molecule has 1 atom stereocenters. The quantitative estimate of drug-likeness (QED) is 0.648. The second kappa shape index (κ2) is 6.50. The largest absolute Gasteiger partial charge is 0.496 e. The van der Waals surface area contributed by atoms with Crippen LogP contribution in [-0.4, -0.2) is 12.1 Å². The fourth-order valence-electron chi connectivity index (χ4n) is 2.29. The molecule has 0 spiro atoms. The van der Waals surface area contributed by atoms with Crippen LogP contribution < -0.4 is 16.0 Å². The van der Waals surface area contributed by atoms with Gasteiger partial charge in [-0.05, 0) is 49.6 Å². The minimum absolute atomic E-state index is 0.0365. The summed E-state index contributed by atoms with van der Waals surface area (Å²) in [4.78, 5) is 4.40. The Bertz CT molecular complexity index is 584. The van der Waals surface area contributed by atoms with Crippen LogP contribution in [0.3, 0.4) is 0 Å². The predicted molar refractivity (Wildman–Crippen MR) is 80.5 cm³/mol. The van der Waals surface area contributed by atoms with Gasteiger partial charge < -0.3 is 4.74 Å². The van der Waals surface area contributed by atoms with E-state index in [4.69, 9.17) is 10.6 Å². The van der Waals surface area contributed by atoms with Gasteiger partial charge >= 0.3 is 0 Å². The SMILES string of the molecule is COc1ccc(C)cc1CC(NN)c1cc(C)ccn1. The standard InChI is InChI=1S/C16H21N3O/c1-11-4-5-16(20-3)13(8-11)10-15(19-17)14-9-12(2)6-7-18-14/h4-9,15,19H,10,17H2,1-3H3. The molecule has 0 aliphatic heterocycles. The molecule has 2 rings (SSSR count). The molecule has 0 saturated carbocycles. The van der Waals surface area contributed by atoms with E-state index in [1.165, 1.54) is 11.1 Å². The molecule has 106 valence electrons. The van der Waals surface area contributed by atoms with Crippen molar-refractivity contribution in [3.8, 4) is 5.75 Å². The van der Waals surface area contributed by atoms with Crippen LogP contribution in [0.2, 0.25) is 0 Å². The highest BCUT2D eigenvalue weighted by atomic mass is 16.5. The number of nitrogens with one attached hydrogen (secondary N) is 1. The molecular formula is C16H21N3O. The van der Waals surface area contributed by atoms with Crippen molar-refractivity contribution in [1.82, 2.24) is 10.4 Å². The number of nitrogens with two attached hydrogens (primary N) is 1. The highest BCUT2D eigenvalue weighted by Gasteiger charge is 2.15. The number of nitrogens with zero attached hydrogens (tertiary/aromatic N) is 1. The summed E-state index contributed by atoms with van der Waals surface area (Å²) in [5.41, 5.74) is 7.29. The van der Waals surface area contributed by atoms with E-state index in [9.17, 15) is 0 Å². The molecule has 1 heterocycles. The van der Waals surface area contributed by atoms with Gasteiger partial charge in [0.25, 0.3) is 0 Å². The van der Waals surface area contributed by atoms with Gasteiger partial charge in [-0.25, -0.2) is 0 Å². The monoisotopic (exact) mass is 271 g/mol. The van der Waals surface area contributed by atoms with Crippen molar-refractivity contribution in [2.24, 2.45) is 5.84 Å². The van der Waals surface area contributed by atoms with E-state index in [0.29, 0.717) is 0 Å². The Morgan fingerprint density at radius 1 is 1.20 bits per heavy atom. The van der Waals surface area contributed by atoms with Crippen LogP contribution in [0.25, 0.3) is 0 Å². The number of ether oxygens (including phenoxy) is 1. The summed E-state index contributed by atoms with van der Waals surface area (Å²) in [7, 11) is 1.68. The van der Waals surface area contributed by atoms with Gasteiger partial charge in [0.1, 0.15) is 5.75 Å². The maximum absolute atomic E-state index is 5.70. The average Bonchev–Trinajstić information content (AvgIpc) is 2.45. The first-order valence-corrected chi connectivity index (χ1v) is 6.66. The summed E-state index contributed by atoms with van der Waals surface area (Å²) < 4.78 is 5.42. The number of hydrazine groups is 1. The van der Waals surface area contributed by atoms with Gasteiger partial charge in [0.15, 0.2) is 0 Å². The number of benzene rings is 1. The van der Waals surface area contributed by atoms with Crippen LogP contribution in [-0.2, 0) is 6.42 Å². The fourth-order valence-corrected chi connectivity index (χ4v) is 2.29. The second-order valence-corrected chi connectivity index (χ2v) is 5.00. The van der Waals surface area contributed by atoms with Crippen molar-refractivity contribution in [2.45, 2.75) is 26.3 Å². The molecule has 0 amide bonds. The van der Waals surface area contributed by atoms with Crippen molar-refractivity contribution < 1.29 is 4.74 Å². The van der Waals surface area contributed by atoms with Gasteiger partial charge in [-0.15, -0.1) is 0 Å². The lowest BCUT2D eigenvalue weighted by Crippen LogP contribution is -2.30. The van der Waals surface area contributed by atoms with E-state index in [1.807, 2.05) is 37.4 Å². The Kier molecular flexibility index (Phi) is 4.71. The number of methoxy groups -OCH3 is 1. The zero-order valence-corrected chi connectivity index (χ0v) is 12.2. The molecule has 0 fully saturated rings. The maximum atomic E-state index is 5.70. The zero-order valence-electron chi connectivity index (χ0n) is 12.2. The van der Waals surface area contributed by atoms with Crippen molar-refractivity contribution in [3.63, 3.8) is 0 Å². The summed E-state index contributed by atoms with van der Waals surface area (Å²) in [6.45, 7) is 4.12. The first-order chi connectivity index (χ1) is 9.63. The van der Waals surface area contributed by atoms with Gasteiger partial charge in [-0.3, -0.25) is 16.3 Å². The van der Waals surface area contributed by atoms with Crippen molar-refractivity contribution in [3.05, 3.63) is 58.9 Å². The van der Waals surface area contributed by atoms with Crippen molar-refractivity contribution >= 4 is 0 Å². The molecule has 1 aromatic carbocycles. The van der Waals surface area contributed by atoms with Crippen molar-refractivity contribution in [1.29, 1.82) is 0 Å². The van der Waals surface area contributed by atoms with Crippen molar-refractivity contribution in [2.75, 3.05) is 7.11 Å². The lowest BCUT2D eigenvalue weighted by Gasteiger charge is -2.18. The summed E-state index contributed by atoms with van der Waals surface area (Å²) in [5.74, 6) is 6.58. The lowest BCUT2D eigenvalue weighted by atomic mass is 10.00. The van der Waals surface area contributed by atoms with Crippen LogP contribution in [0.5, 0.6) is 5.75 Å². The minimum Gasteiger partial charge on any atom is -0.496 e. The summed E-state index contributed by atoms with van der Waals surface area (Å²) in [6, 6.07) is 10.1. The second-order valence-electron chi connectivity index (χ2n) is 5.00. The molecule has 0 radical (unpaired) electrons. The van der Waals surface area contributed by atoms with E-state index in [-0.39, 0.29) is 6.04 Å². The highest BCUT2D eigenvalue weighted by Crippen LogP contribution is 2.25. The Balaban J connectivity index is 2.28. The van der Waals surface area contributed by atoms with Crippen LogP contribution in [0.1, 0.15) is 28.4 Å². The number of aryl methyl sites for hydroxylation is 2. The van der Waals surface area contributed by atoms with E-state index >= 15 is 0 Å². The van der Waals surface area contributed by atoms with Gasteiger partial charge in [-0.1, -0.05) is 17.7 Å². The zero-order chi connectivity index (χ0) is 14.5. The molecule has 3 N–H and O–H groups in total. The van der Waals surface area contributed by atoms with E-state index in [2.05, 4.69) is 23.4 Å². The normalized spacial score (nSPS) is 12.2. The lowest BCUT2D eigenvalue weighted by molar-refractivity contribution is 0.405. The van der Waals surface area contributed by atoms with Gasteiger partial charge in [0.05, 0.1) is 18.8 Å². The Hall–Kier alpha value is -1.91. The number of hydrogen-bond acceptors (Lipinski definition) is 4. The summed E-state index contributed by atoms with van der Waals surface area (Å²) >= 11 is 0. The van der Waals surface area contributed by atoms with E-state index in [0.717, 1.165) is 23.4 Å². The third kappa shape index (κ3) is 3.35. The number of aromatic nitrogens is 1. The first kappa shape index (κ1) is 14.5. The summed E-state index contributed by atoms with van der Waals surface area (Å²) in [6.07, 6.45) is 2.54. The molecule has 20 heavy (non-hydrogen) atoms. The first-order valence-electron chi connectivity index (χ1n) is 6.66. The summed E-state index contributed by atoms with van der Waals surface area (Å²) in [5, 5.41) is 0. The fraction of sp³-hybridized carbons (Fsp3) is 0.312. The Morgan fingerprint density at radius 3 is 2.60 bits per heavy atom. The minimum atomic E-state index is -0.0365. The highest BCUT2D eigenvalue weighted by molar-refractivity contribution is 5.38. The van der Waals surface area contributed by atoms with Crippen LogP contribution in [0.15, 0.2) is 36.5 Å². The topological polar surface area (TPSA) is 60.2 Å². The third-order valence-corrected chi connectivity index (χ3v) is 3.35. The van der Waals surface area contributed by atoms with Gasteiger partial charge in [0, 0.05) is 6.20 Å². The molecule has 1 aromatic heterocycles. The Morgan fingerprint density at radius 2 is 1.95 bits per heavy atom. The van der Waals surface area contributed by atoms with E-state index < -0.39 is 0 Å². The number of hydrogen-bond donors (Lipinski definition) is 2. The Labute approximate surface area is 120 Å². The van der Waals surface area contributed by atoms with E-state index in [1.54, 1.807) is 7.11 Å². The molecule has 0 saturated heterocycles. The molecule has 0 bridgehead atoms. The molecule has 0 aliphatic rings. The third-order valence-electron chi connectivity index (χ3n) is 3.35. The molecular weight excluding hydrogens is 250 g/mol. The molecule has 4 nitrogen and oxygen atoms in total. The molecule has 1 unspecified atom stereocenters. The molecule has 4 heteroatoms. The van der Waals surface area contributed by atoms with Crippen LogP contribution in [0.4, 0.5) is 0 Å². The van der Waals surface area contributed by atoms with Gasteiger partial charge in [-0.2, -0.15) is 0 Å². The number of pyridine rings is 1. The predicted octanol–water partition coefficient (Wildman–Crippen LogP) is 2.45. The van der Waals surface area contributed by atoms with Crippen LogP contribution in [0, 0.1) is 13.8 Å². The molecule has 0 aliphatic carbocycles. The maximum Gasteiger partial charge on any atom is 0.122 e. The number of rotatable bonds is 5. The van der Waals surface area contributed by atoms with Crippen LogP contribution >= 0.6 is 0 Å². The molecule has 2 aromatic rings. The van der Waals surface area contributed by atoms with Gasteiger partial charge in [0.2, 0.25) is 0 Å².